The van der Waals surface area contributed by atoms with Crippen LogP contribution in [0.1, 0.15) is 11.8 Å². The molecule has 0 spiro atoms. The van der Waals surface area contributed by atoms with Crippen molar-refractivity contribution in [3.63, 3.8) is 0 Å². The number of carbonyl (C=O) groups excluding carboxylic acids is 2. The lowest BCUT2D eigenvalue weighted by Crippen LogP contribution is -2.37. The number of aromatic nitrogens is 2. The van der Waals surface area contributed by atoms with Gasteiger partial charge in [-0.2, -0.15) is 0 Å². The van der Waals surface area contributed by atoms with E-state index in [1.807, 2.05) is 0 Å². The van der Waals surface area contributed by atoms with Crippen LogP contribution in [0.15, 0.2) is 35.2 Å². The maximum absolute atomic E-state index is 11.5. The van der Waals surface area contributed by atoms with Gasteiger partial charge in [0.1, 0.15) is 12.4 Å². The van der Waals surface area contributed by atoms with Crippen molar-refractivity contribution in [3.05, 3.63) is 36.4 Å². The van der Waals surface area contributed by atoms with Gasteiger partial charge in [0, 0.05) is 31.5 Å². The summed E-state index contributed by atoms with van der Waals surface area (Å²) >= 11 is 0. The van der Waals surface area contributed by atoms with E-state index in [0.717, 1.165) is 0 Å². The fraction of sp³-hybridized carbons (Fsp3) is 0.250. The summed E-state index contributed by atoms with van der Waals surface area (Å²) < 4.78 is 6.24. The van der Waals surface area contributed by atoms with E-state index in [-0.39, 0.29) is 12.4 Å². The molecule has 0 aliphatic carbocycles. The highest BCUT2D eigenvalue weighted by Crippen LogP contribution is 2.11. The van der Waals surface area contributed by atoms with Gasteiger partial charge in [0.15, 0.2) is 5.82 Å². The Morgan fingerprint density at radius 2 is 2.25 bits per heavy atom. The van der Waals surface area contributed by atoms with Crippen molar-refractivity contribution < 1.29 is 19.2 Å². The van der Waals surface area contributed by atoms with E-state index in [9.17, 15) is 14.7 Å². The second-order valence-corrected chi connectivity index (χ2v) is 4.11. The number of aliphatic hydroxyl groups is 1. The summed E-state index contributed by atoms with van der Waals surface area (Å²) in [6.07, 6.45) is 2.16. The van der Waals surface area contributed by atoms with Gasteiger partial charge < -0.3 is 19.5 Å². The highest BCUT2D eigenvalue weighted by Gasteiger charge is 2.17. The molecule has 0 unspecified atom stereocenters. The Morgan fingerprint density at radius 1 is 1.45 bits per heavy atom. The fourth-order valence-corrected chi connectivity index (χ4v) is 1.64. The number of amides is 2. The molecule has 2 aromatic rings. The first-order valence-electron chi connectivity index (χ1n) is 5.87. The van der Waals surface area contributed by atoms with Crippen LogP contribution in [0.3, 0.4) is 0 Å². The van der Waals surface area contributed by atoms with Crippen molar-refractivity contribution in [1.29, 1.82) is 0 Å². The zero-order valence-electron chi connectivity index (χ0n) is 10.7. The summed E-state index contributed by atoms with van der Waals surface area (Å²) in [5, 5.41) is 17.9. The second-order valence-electron chi connectivity index (χ2n) is 4.11. The van der Waals surface area contributed by atoms with Crippen LogP contribution in [0, 0.1) is 0 Å². The number of aliphatic hydroxyl groups excluding tert-OH is 1. The maximum Gasteiger partial charge on any atom is 0.314 e. The smallest absolute Gasteiger partial charge is 0.314 e. The van der Waals surface area contributed by atoms with E-state index < -0.39 is 17.9 Å². The summed E-state index contributed by atoms with van der Waals surface area (Å²) in [6, 6.07) is 4.91. The van der Waals surface area contributed by atoms with Crippen molar-refractivity contribution in [2.45, 2.75) is 6.10 Å². The molecule has 20 heavy (non-hydrogen) atoms. The highest BCUT2D eigenvalue weighted by atomic mass is 16.5. The van der Waals surface area contributed by atoms with E-state index >= 15 is 0 Å². The molecule has 2 rings (SSSR count). The van der Waals surface area contributed by atoms with E-state index in [1.165, 1.54) is 12.3 Å². The summed E-state index contributed by atoms with van der Waals surface area (Å²) in [4.78, 5) is 23.0. The standard InChI is InChI=1S/C12H14N4O4/c1-16-5-2-3-8(16)9(17)7-13-11(18)12(19)14-10-4-6-20-15-10/h2-6,9,17H,7H2,1H3,(H,13,18)(H,14,15,19)/t9-/m0/s1. The van der Waals surface area contributed by atoms with Crippen molar-refractivity contribution in [2.24, 2.45) is 7.05 Å². The lowest BCUT2D eigenvalue weighted by atomic mass is 10.2. The van der Waals surface area contributed by atoms with Crippen LogP contribution in [-0.4, -0.2) is 33.2 Å². The van der Waals surface area contributed by atoms with E-state index in [2.05, 4.69) is 20.3 Å². The molecule has 0 aliphatic heterocycles. The number of nitrogens with one attached hydrogen (secondary N) is 2. The molecule has 2 heterocycles. The largest absolute Gasteiger partial charge is 0.385 e. The SMILES string of the molecule is Cn1cccc1[C@@H](O)CNC(=O)C(=O)Nc1ccon1. The molecule has 1 atom stereocenters. The van der Waals surface area contributed by atoms with Gasteiger partial charge >= 0.3 is 11.8 Å². The van der Waals surface area contributed by atoms with Gasteiger partial charge in [0.2, 0.25) is 0 Å². The van der Waals surface area contributed by atoms with E-state index in [0.29, 0.717) is 5.69 Å². The van der Waals surface area contributed by atoms with Crippen LogP contribution in [0.4, 0.5) is 5.82 Å². The minimum atomic E-state index is -0.890. The molecule has 0 aromatic carbocycles. The van der Waals surface area contributed by atoms with Gasteiger partial charge in [-0.25, -0.2) is 0 Å². The average Bonchev–Trinajstić information content (AvgIpc) is 3.06. The second kappa shape index (κ2) is 6.02. The number of rotatable bonds is 4. The fourth-order valence-electron chi connectivity index (χ4n) is 1.64. The lowest BCUT2D eigenvalue weighted by Gasteiger charge is -2.12. The summed E-state index contributed by atoms with van der Waals surface area (Å²) in [5.41, 5.74) is 0.641. The predicted molar refractivity (Wildman–Crippen MR) is 68.5 cm³/mol. The van der Waals surface area contributed by atoms with Crippen molar-refractivity contribution in [3.8, 4) is 0 Å². The van der Waals surface area contributed by atoms with Crippen LogP contribution in [0.25, 0.3) is 0 Å². The first-order chi connectivity index (χ1) is 9.58. The number of aryl methyl sites for hydroxylation is 1. The van der Waals surface area contributed by atoms with Gasteiger partial charge in [-0.15, -0.1) is 0 Å². The van der Waals surface area contributed by atoms with Crippen molar-refractivity contribution in [1.82, 2.24) is 15.0 Å². The minimum Gasteiger partial charge on any atom is -0.385 e. The van der Waals surface area contributed by atoms with Gasteiger partial charge in [0.05, 0.1) is 0 Å². The summed E-state index contributed by atoms with van der Waals surface area (Å²) in [7, 11) is 1.78. The number of nitrogens with zero attached hydrogens (tertiary/aromatic N) is 2. The van der Waals surface area contributed by atoms with Crippen molar-refractivity contribution >= 4 is 17.6 Å². The lowest BCUT2D eigenvalue weighted by molar-refractivity contribution is -0.136. The summed E-state index contributed by atoms with van der Waals surface area (Å²) in [5.74, 6) is -1.59. The van der Waals surface area contributed by atoms with Crippen LogP contribution in [0.2, 0.25) is 0 Å². The normalized spacial score (nSPS) is 11.9. The first-order valence-corrected chi connectivity index (χ1v) is 5.87. The van der Waals surface area contributed by atoms with Crippen LogP contribution in [0.5, 0.6) is 0 Å². The molecule has 2 amide bonds. The van der Waals surface area contributed by atoms with Crippen LogP contribution in [-0.2, 0) is 16.6 Å². The number of hydrogen-bond acceptors (Lipinski definition) is 5. The molecule has 0 aliphatic rings. The van der Waals surface area contributed by atoms with Gasteiger partial charge in [-0.3, -0.25) is 14.9 Å². The van der Waals surface area contributed by atoms with Crippen LogP contribution >= 0.6 is 0 Å². The first kappa shape index (κ1) is 13.8. The van der Waals surface area contributed by atoms with E-state index in [4.69, 9.17) is 0 Å². The molecule has 0 fully saturated rings. The summed E-state index contributed by atoms with van der Waals surface area (Å²) in [6.45, 7) is -0.0665. The third-order valence-corrected chi connectivity index (χ3v) is 2.67. The quantitative estimate of drug-likeness (QED) is 0.671. The van der Waals surface area contributed by atoms with E-state index in [1.54, 1.807) is 29.9 Å². The monoisotopic (exact) mass is 278 g/mol. The number of hydrogen-bond donors (Lipinski definition) is 3. The number of carbonyl (C=O) groups is 2. The maximum atomic E-state index is 11.5. The number of anilines is 1. The van der Waals surface area contributed by atoms with Gasteiger partial charge in [-0.1, -0.05) is 5.16 Å². The van der Waals surface area contributed by atoms with Gasteiger partial charge in [0.25, 0.3) is 0 Å². The Morgan fingerprint density at radius 3 is 2.85 bits per heavy atom. The molecule has 3 N–H and O–H groups in total. The Balaban J connectivity index is 1.83. The van der Waals surface area contributed by atoms with Gasteiger partial charge in [-0.05, 0) is 12.1 Å². The zero-order valence-corrected chi connectivity index (χ0v) is 10.7. The Kier molecular flexibility index (Phi) is 4.16. The Bertz CT molecular complexity index is 590. The predicted octanol–water partition coefficient (Wildman–Crippen LogP) is -0.199. The molecular formula is C12H14N4O4. The minimum absolute atomic E-state index is 0.0665. The molecule has 106 valence electrons. The third kappa shape index (κ3) is 3.23. The van der Waals surface area contributed by atoms with Crippen LogP contribution < -0.4 is 10.6 Å². The Labute approximate surface area is 114 Å². The topological polar surface area (TPSA) is 109 Å². The third-order valence-electron chi connectivity index (χ3n) is 2.67. The molecule has 0 bridgehead atoms. The molecule has 0 radical (unpaired) electrons. The van der Waals surface area contributed by atoms with Crippen molar-refractivity contribution in [2.75, 3.05) is 11.9 Å². The molecular weight excluding hydrogens is 264 g/mol. The Hall–Kier alpha value is -2.61. The molecule has 8 nitrogen and oxygen atoms in total. The zero-order chi connectivity index (χ0) is 14.5. The highest BCUT2D eigenvalue weighted by molar-refractivity contribution is 6.39. The molecule has 2 aromatic heterocycles. The molecule has 0 saturated carbocycles. The molecule has 0 saturated heterocycles. The average molecular weight is 278 g/mol. The molecule has 8 heteroatoms.